The lowest BCUT2D eigenvalue weighted by molar-refractivity contribution is 0.333. The molecule has 0 spiro atoms. The Morgan fingerprint density at radius 1 is 0.682 bits per heavy atom. The van der Waals surface area contributed by atoms with Crippen molar-refractivity contribution >= 4 is 0 Å². The Balaban J connectivity index is 0.000000396. The van der Waals surface area contributed by atoms with Crippen LogP contribution in [0.25, 0.3) is 0 Å². The zero-order valence-corrected chi connectivity index (χ0v) is 13.8. The van der Waals surface area contributed by atoms with Gasteiger partial charge in [0, 0.05) is 13.1 Å². The summed E-state index contributed by atoms with van der Waals surface area (Å²) in [7, 11) is 6.00. The third kappa shape index (κ3) is 4.95. The smallest absolute Gasteiger partial charge is 0.0518 e. The van der Waals surface area contributed by atoms with E-state index in [1.54, 1.807) is 0 Å². The van der Waals surface area contributed by atoms with Crippen LogP contribution in [0.1, 0.15) is 23.2 Å². The molecule has 2 unspecified atom stereocenters. The summed E-state index contributed by atoms with van der Waals surface area (Å²) in [5, 5.41) is 7.24. The van der Waals surface area contributed by atoms with E-state index in [4.69, 9.17) is 0 Å². The average molecular weight is 297 g/mol. The third-order valence-electron chi connectivity index (χ3n) is 3.50. The second kappa shape index (κ2) is 8.69. The highest BCUT2D eigenvalue weighted by atomic mass is 15.1. The van der Waals surface area contributed by atoms with E-state index in [0.717, 1.165) is 13.1 Å². The molecule has 0 saturated carbocycles. The number of piperazine rings is 1. The van der Waals surface area contributed by atoms with Gasteiger partial charge in [0.15, 0.2) is 0 Å². The minimum atomic E-state index is 0.349. The highest BCUT2D eigenvalue weighted by molar-refractivity contribution is 5.28. The van der Waals surface area contributed by atoms with Crippen molar-refractivity contribution in [2.75, 3.05) is 34.2 Å². The van der Waals surface area contributed by atoms with Crippen LogP contribution in [0, 0.1) is 0 Å². The summed E-state index contributed by atoms with van der Waals surface area (Å²) in [6, 6.07) is 22.0. The molecule has 3 heteroatoms. The Hall–Kier alpha value is -1.68. The molecule has 1 aliphatic heterocycles. The van der Waals surface area contributed by atoms with E-state index in [1.807, 2.05) is 26.0 Å². The minimum absolute atomic E-state index is 0.349. The van der Waals surface area contributed by atoms with Gasteiger partial charge in [0.2, 0.25) is 0 Å². The van der Waals surface area contributed by atoms with Gasteiger partial charge in [-0.1, -0.05) is 60.7 Å². The Kier molecular flexibility index (Phi) is 6.59. The summed E-state index contributed by atoms with van der Waals surface area (Å²) in [5.74, 6) is 0. The molecule has 3 rings (SSSR count). The van der Waals surface area contributed by atoms with Crippen molar-refractivity contribution in [3.63, 3.8) is 0 Å². The standard InChI is InChI=1S/C16H18N2.C3H9N/c1-3-7-13(8-4-1)15-16(18-12-11-17-15)14-9-5-2-6-10-14;1-4(2)3/h1-10,15-18H,11-12H2;1-3H3. The Morgan fingerprint density at radius 2 is 1.00 bits per heavy atom. The van der Waals surface area contributed by atoms with Crippen molar-refractivity contribution < 1.29 is 0 Å². The van der Waals surface area contributed by atoms with Gasteiger partial charge in [0.1, 0.15) is 0 Å². The van der Waals surface area contributed by atoms with Crippen LogP contribution in [-0.4, -0.2) is 39.1 Å². The summed E-state index contributed by atoms with van der Waals surface area (Å²) in [4.78, 5) is 2.00. The maximum absolute atomic E-state index is 3.62. The molecule has 2 atom stereocenters. The Morgan fingerprint density at radius 3 is 1.32 bits per heavy atom. The van der Waals surface area contributed by atoms with Crippen LogP contribution in [0.5, 0.6) is 0 Å². The number of nitrogens with zero attached hydrogens (tertiary/aromatic N) is 1. The lowest BCUT2D eigenvalue weighted by Crippen LogP contribution is -2.45. The molecule has 2 aromatic rings. The molecule has 3 nitrogen and oxygen atoms in total. The molecule has 22 heavy (non-hydrogen) atoms. The monoisotopic (exact) mass is 297 g/mol. The highest BCUT2D eigenvalue weighted by Gasteiger charge is 2.26. The van der Waals surface area contributed by atoms with E-state index in [9.17, 15) is 0 Å². The first-order valence-corrected chi connectivity index (χ1v) is 7.86. The van der Waals surface area contributed by atoms with Crippen molar-refractivity contribution in [3.8, 4) is 0 Å². The number of rotatable bonds is 2. The number of benzene rings is 2. The average Bonchev–Trinajstić information content (AvgIpc) is 2.56. The van der Waals surface area contributed by atoms with Gasteiger partial charge in [-0.2, -0.15) is 0 Å². The maximum atomic E-state index is 3.62. The Bertz CT molecular complexity index is 475. The lowest BCUT2D eigenvalue weighted by atomic mass is 9.92. The maximum Gasteiger partial charge on any atom is 0.0518 e. The Labute approximate surface area is 134 Å². The van der Waals surface area contributed by atoms with Gasteiger partial charge in [-0.15, -0.1) is 0 Å². The van der Waals surface area contributed by atoms with Crippen LogP contribution in [0.4, 0.5) is 0 Å². The van der Waals surface area contributed by atoms with Gasteiger partial charge < -0.3 is 15.5 Å². The van der Waals surface area contributed by atoms with Gasteiger partial charge in [-0.3, -0.25) is 0 Å². The zero-order chi connectivity index (χ0) is 15.8. The predicted octanol–water partition coefficient (Wildman–Crippen LogP) is 2.84. The highest BCUT2D eigenvalue weighted by Crippen LogP contribution is 2.30. The van der Waals surface area contributed by atoms with E-state index in [-0.39, 0.29) is 0 Å². The second-order valence-electron chi connectivity index (χ2n) is 6.03. The SMILES string of the molecule is CN(C)C.c1ccc(C2NCCNC2c2ccccc2)cc1. The minimum Gasteiger partial charge on any atom is -0.312 e. The first-order valence-electron chi connectivity index (χ1n) is 7.86. The summed E-state index contributed by atoms with van der Waals surface area (Å²) in [6.45, 7) is 2.03. The first-order chi connectivity index (χ1) is 10.7. The molecule has 0 aliphatic carbocycles. The van der Waals surface area contributed by atoms with Gasteiger partial charge >= 0.3 is 0 Å². The van der Waals surface area contributed by atoms with E-state index in [2.05, 4.69) is 71.3 Å². The summed E-state index contributed by atoms with van der Waals surface area (Å²) >= 11 is 0. The zero-order valence-electron chi connectivity index (χ0n) is 13.8. The van der Waals surface area contributed by atoms with Gasteiger partial charge in [-0.05, 0) is 32.3 Å². The quantitative estimate of drug-likeness (QED) is 0.892. The summed E-state index contributed by atoms with van der Waals surface area (Å²) < 4.78 is 0. The molecule has 0 radical (unpaired) electrons. The van der Waals surface area contributed by atoms with Gasteiger partial charge in [-0.25, -0.2) is 0 Å². The molecule has 1 heterocycles. The first kappa shape index (κ1) is 16.7. The predicted molar refractivity (Wildman–Crippen MR) is 94.0 cm³/mol. The number of hydrogen-bond acceptors (Lipinski definition) is 3. The fourth-order valence-corrected chi connectivity index (χ4v) is 2.63. The van der Waals surface area contributed by atoms with E-state index in [1.165, 1.54) is 11.1 Å². The van der Waals surface area contributed by atoms with E-state index in [0.29, 0.717) is 12.1 Å². The van der Waals surface area contributed by atoms with E-state index < -0.39 is 0 Å². The van der Waals surface area contributed by atoms with Crippen LogP contribution in [0.2, 0.25) is 0 Å². The molecule has 1 aliphatic rings. The lowest BCUT2D eigenvalue weighted by Gasteiger charge is -2.34. The molecule has 1 saturated heterocycles. The van der Waals surface area contributed by atoms with Crippen molar-refractivity contribution in [3.05, 3.63) is 71.8 Å². The summed E-state index contributed by atoms with van der Waals surface area (Å²) in [5.41, 5.74) is 2.69. The largest absolute Gasteiger partial charge is 0.312 e. The third-order valence-corrected chi connectivity index (χ3v) is 3.50. The molecule has 0 bridgehead atoms. The van der Waals surface area contributed by atoms with Gasteiger partial charge in [0.25, 0.3) is 0 Å². The van der Waals surface area contributed by atoms with Crippen LogP contribution in [0.3, 0.4) is 0 Å². The molecular weight excluding hydrogens is 270 g/mol. The van der Waals surface area contributed by atoms with Gasteiger partial charge in [0.05, 0.1) is 12.1 Å². The topological polar surface area (TPSA) is 27.3 Å². The van der Waals surface area contributed by atoms with Crippen LogP contribution >= 0.6 is 0 Å². The molecule has 2 N–H and O–H groups in total. The molecular formula is C19H27N3. The van der Waals surface area contributed by atoms with Crippen molar-refractivity contribution in [2.45, 2.75) is 12.1 Å². The fraction of sp³-hybridized carbons (Fsp3) is 0.368. The fourth-order valence-electron chi connectivity index (χ4n) is 2.63. The second-order valence-corrected chi connectivity index (χ2v) is 6.03. The number of nitrogens with one attached hydrogen (secondary N) is 2. The van der Waals surface area contributed by atoms with Crippen LogP contribution < -0.4 is 10.6 Å². The molecule has 1 fully saturated rings. The molecule has 0 aromatic heterocycles. The van der Waals surface area contributed by atoms with Crippen molar-refractivity contribution in [1.29, 1.82) is 0 Å². The van der Waals surface area contributed by atoms with Crippen LogP contribution in [-0.2, 0) is 0 Å². The molecule has 2 aromatic carbocycles. The van der Waals surface area contributed by atoms with Crippen LogP contribution in [0.15, 0.2) is 60.7 Å². The normalized spacial score (nSPS) is 21.1. The molecule has 118 valence electrons. The molecule has 0 amide bonds. The van der Waals surface area contributed by atoms with E-state index >= 15 is 0 Å². The summed E-state index contributed by atoms with van der Waals surface area (Å²) in [6.07, 6.45) is 0. The number of hydrogen-bond donors (Lipinski definition) is 2. The van der Waals surface area contributed by atoms with Crippen molar-refractivity contribution in [2.24, 2.45) is 0 Å². The van der Waals surface area contributed by atoms with Crippen molar-refractivity contribution in [1.82, 2.24) is 15.5 Å².